The fourth-order valence-electron chi connectivity index (χ4n) is 5.20. The molecule has 3 fully saturated rings. The number of nitrogens with one attached hydrogen (secondary N) is 2. The Kier molecular flexibility index (Phi) is 5.98. The molecule has 2 saturated heterocycles. The molecular weight excluding hydrogens is 338 g/mol. The number of hydrogen-bond donors (Lipinski definition) is 2. The van der Waals surface area contributed by atoms with E-state index in [4.69, 9.17) is 4.74 Å². The van der Waals surface area contributed by atoms with Crippen LogP contribution in [0.4, 0.5) is 0 Å². The summed E-state index contributed by atoms with van der Waals surface area (Å²) in [4.78, 5) is 15.3. The molecule has 1 saturated carbocycles. The van der Waals surface area contributed by atoms with Crippen molar-refractivity contribution in [2.45, 2.75) is 63.1 Å². The zero-order valence-electron chi connectivity index (χ0n) is 16.5. The molecule has 2 heterocycles. The summed E-state index contributed by atoms with van der Waals surface area (Å²) in [6.07, 6.45) is 8.61. The molecule has 0 bridgehead atoms. The van der Waals surface area contributed by atoms with Crippen LogP contribution in [0.2, 0.25) is 0 Å². The van der Waals surface area contributed by atoms with Crippen LogP contribution in [0.1, 0.15) is 56.6 Å². The highest BCUT2D eigenvalue weighted by Gasteiger charge is 2.38. The van der Waals surface area contributed by atoms with Crippen LogP contribution in [0.25, 0.3) is 0 Å². The topological polar surface area (TPSA) is 53.6 Å². The van der Waals surface area contributed by atoms with Crippen molar-refractivity contribution in [2.24, 2.45) is 5.92 Å². The van der Waals surface area contributed by atoms with Gasteiger partial charge in [0.15, 0.2) is 0 Å². The number of rotatable bonds is 6. The van der Waals surface area contributed by atoms with E-state index in [9.17, 15) is 4.79 Å². The Bertz CT molecular complexity index is 630. The number of fused-ring (bicyclic) bond motifs is 1. The normalized spacial score (nSPS) is 29.3. The predicted molar refractivity (Wildman–Crippen MR) is 107 cm³/mol. The van der Waals surface area contributed by atoms with E-state index in [1.807, 2.05) is 12.1 Å². The molecule has 2 aliphatic heterocycles. The third kappa shape index (κ3) is 4.30. The van der Waals surface area contributed by atoms with Gasteiger partial charge in [-0.1, -0.05) is 25.0 Å². The molecule has 4 rings (SSSR count). The summed E-state index contributed by atoms with van der Waals surface area (Å²) in [5, 5.41) is 6.86. The maximum Gasteiger partial charge on any atom is 0.237 e. The van der Waals surface area contributed by atoms with E-state index >= 15 is 0 Å². The molecule has 4 unspecified atom stereocenters. The van der Waals surface area contributed by atoms with Crippen LogP contribution < -0.4 is 15.4 Å². The highest BCUT2D eigenvalue weighted by atomic mass is 16.5. The van der Waals surface area contributed by atoms with E-state index < -0.39 is 0 Å². The standard InChI is InChI=1S/C22H33N3O2/c1-27-18-9-6-8-17(13-18)21(25-11-4-5-12-25)15-23-22(26)20-14-16-7-2-3-10-19(16)24-20/h6,8-9,13,16,19-21,24H,2-5,7,10-12,14-15H2,1H3,(H,23,26). The molecule has 5 heteroatoms. The van der Waals surface area contributed by atoms with Crippen LogP contribution in [-0.2, 0) is 4.79 Å². The van der Waals surface area contributed by atoms with Crippen molar-refractivity contribution >= 4 is 5.91 Å². The SMILES string of the molecule is COc1cccc(C(CNC(=O)C2CC3CCCCC3N2)N2CCCC2)c1. The fourth-order valence-corrected chi connectivity index (χ4v) is 5.20. The number of methoxy groups -OCH3 is 1. The summed E-state index contributed by atoms with van der Waals surface area (Å²) < 4.78 is 5.41. The van der Waals surface area contributed by atoms with Crippen molar-refractivity contribution in [3.8, 4) is 5.75 Å². The number of likely N-dealkylation sites (tertiary alicyclic amines) is 1. The van der Waals surface area contributed by atoms with Crippen LogP contribution >= 0.6 is 0 Å². The summed E-state index contributed by atoms with van der Waals surface area (Å²) in [7, 11) is 1.71. The second kappa shape index (κ2) is 8.61. The maximum atomic E-state index is 12.8. The zero-order chi connectivity index (χ0) is 18.6. The lowest BCUT2D eigenvalue weighted by Gasteiger charge is -2.29. The van der Waals surface area contributed by atoms with Gasteiger partial charge in [-0.05, 0) is 68.8 Å². The van der Waals surface area contributed by atoms with Crippen molar-refractivity contribution in [3.63, 3.8) is 0 Å². The number of benzene rings is 1. The van der Waals surface area contributed by atoms with Crippen LogP contribution in [-0.4, -0.2) is 49.6 Å². The second-order valence-electron chi connectivity index (χ2n) is 8.39. The molecule has 1 aliphatic carbocycles. The summed E-state index contributed by atoms with van der Waals surface area (Å²) in [6.45, 7) is 2.87. The largest absolute Gasteiger partial charge is 0.497 e. The van der Waals surface area contributed by atoms with E-state index in [0.717, 1.165) is 25.3 Å². The van der Waals surface area contributed by atoms with Gasteiger partial charge in [-0.25, -0.2) is 0 Å². The van der Waals surface area contributed by atoms with Gasteiger partial charge in [-0.15, -0.1) is 0 Å². The lowest BCUT2D eigenvalue weighted by atomic mass is 9.85. The summed E-state index contributed by atoms with van der Waals surface area (Å²) in [5.41, 5.74) is 1.23. The van der Waals surface area contributed by atoms with Gasteiger partial charge in [0.2, 0.25) is 5.91 Å². The van der Waals surface area contributed by atoms with E-state index in [1.165, 1.54) is 44.1 Å². The fraction of sp³-hybridized carbons (Fsp3) is 0.682. The number of hydrogen-bond acceptors (Lipinski definition) is 4. The number of nitrogens with zero attached hydrogens (tertiary/aromatic N) is 1. The molecule has 1 aromatic carbocycles. The Morgan fingerprint density at radius 1 is 1.26 bits per heavy atom. The highest BCUT2D eigenvalue weighted by Crippen LogP contribution is 2.33. The molecule has 2 N–H and O–H groups in total. The van der Waals surface area contributed by atoms with E-state index in [0.29, 0.717) is 18.5 Å². The van der Waals surface area contributed by atoms with E-state index in [2.05, 4.69) is 27.7 Å². The number of amides is 1. The Morgan fingerprint density at radius 2 is 2.07 bits per heavy atom. The van der Waals surface area contributed by atoms with Gasteiger partial charge in [0.1, 0.15) is 5.75 Å². The molecule has 1 amide bonds. The number of carbonyl (C=O) groups is 1. The van der Waals surface area contributed by atoms with Crippen LogP contribution in [0.5, 0.6) is 5.75 Å². The molecule has 3 aliphatic rings. The van der Waals surface area contributed by atoms with Crippen LogP contribution in [0.15, 0.2) is 24.3 Å². The first-order valence-corrected chi connectivity index (χ1v) is 10.7. The van der Waals surface area contributed by atoms with Gasteiger partial charge in [0.05, 0.1) is 19.2 Å². The first kappa shape index (κ1) is 18.8. The highest BCUT2D eigenvalue weighted by molar-refractivity contribution is 5.82. The average Bonchev–Trinajstić information content (AvgIpc) is 3.38. The first-order chi connectivity index (χ1) is 13.2. The van der Waals surface area contributed by atoms with Gasteiger partial charge in [0.25, 0.3) is 0 Å². The summed E-state index contributed by atoms with van der Waals surface area (Å²) in [5.74, 6) is 1.75. The van der Waals surface area contributed by atoms with Crippen molar-refractivity contribution in [1.82, 2.24) is 15.5 Å². The third-order valence-electron chi connectivity index (χ3n) is 6.71. The molecule has 148 valence electrons. The molecule has 1 aromatic rings. The predicted octanol–water partition coefficient (Wildman–Crippen LogP) is 2.87. The molecule has 0 aromatic heterocycles. The molecule has 5 nitrogen and oxygen atoms in total. The first-order valence-electron chi connectivity index (χ1n) is 10.7. The Balaban J connectivity index is 1.40. The third-order valence-corrected chi connectivity index (χ3v) is 6.71. The van der Waals surface area contributed by atoms with Crippen LogP contribution in [0.3, 0.4) is 0 Å². The lowest BCUT2D eigenvalue weighted by Crippen LogP contribution is -2.45. The van der Waals surface area contributed by atoms with Gasteiger partial charge < -0.3 is 15.4 Å². The molecule has 27 heavy (non-hydrogen) atoms. The minimum Gasteiger partial charge on any atom is -0.497 e. The van der Waals surface area contributed by atoms with Crippen LogP contribution in [0, 0.1) is 5.92 Å². The molecule has 0 radical (unpaired) electrons. The van der Waals surface area contributed by atoms with E-state index in [-0.39, 0.29) is 18.0 Å². The number of carbonyl (C=O) groups excluding carboxylic acids is 1. The summed E-state index contributed by atoms with van der Waals surface area (Å²) in [6, 6.07) is 9.05. The number of ether oxygens (including phenoxy) is 1. The van der Waals surface area contributed by atoms with Gasteiger partial charge >= 0.3 is 0 Å². The Morgan fingerprint density at radius 3 is 2.85 bits per heavy atom. The van der Waals surface area contributed by atoms with Gasteiger partial charge in [-0.3, -0.25) is 9.69 Å². The quantitative estimate of drug-likeness (QED) is 0.807. The van der Waals surface area contributed by atoms with Crippen molar-refractivity contribution in [2.75, 3.05) is 26.7 Å². The minimum absolute atomic E-state index is 0.0114. The molecule has 4 atom stereocenters. The summed E-state index contributed by atoms with van der Waals surface area (Å²) >= 11 is 0. The lowest BCUT2D eigenvalue weighted by molar-refractivity contribution is -0.123. The van der Waals surface area contributed by atoms with Gasteiger partial charge in [-0.2, -0.15) is 0 Å². The molecular formula is C22H33N3O2. The van der Waals surface area contributed by atoms with Gasteiger partial charge in [0, 0.05) is 12.6 Å². The zero-order valence-corrected chi connectivity index (χ0v) is 16.5. The van der Waals surface area contributed by atoms with E-state index in [1.54, 1.807) is 7.11 Å². The smallest absolute Gasteiger partial charge is 0.237 e. The van der Waals surface area contributed by atoms with Crippen molar-refractivity contribution in [1.29, 1.82) is 0 Å². The maximum absolute atomic E-state index is 12.8. The average molecular weight is 372 g/mol. The monoisotopic (exact) mass is 371 g/mol. The minimum atomic E-state index is -0.0114. The Labute approximate surface area is 162 Å². The van der Waals surface area contributed by atoms with Crippen molar-refractivity contribution in [3.05, 3.63) is 29.8 Å². The second-order valence-corrected chi connectivity index (χ2v) is 8.39. The Hall–Kier alpha value is -1.59. The molecule has 0 spiro atoms. The van der Waals surface area contributed by atoms with Crippen molar-refractivity contribution < 1.29 is 9.53 Å².